The molecule has 0 bridgehead atoms. The second-order valence-electron chi connectivity index (χ2n) is 5.28. The zero-order valence-electron chi connectivity index (χ0n) is 11.8. The zero-order chi connectivity index (χ0) is 15.6. The molecule has 2 aliphatic rings. The molecule has 0 aromatic heterocycles. The van der Waals surface area contributed by atoms with Gasteiger partial charge in [0.2, 0.25) is 9.84 Å². The van der Waals surface area contributed by atoms with Gasteiger partial charge in [-0.25, -0.2) is 8.42 Å². The van der Waals surface area contributed by atoms with Crippen molar-refractivity contribution in [3.63, 3.8) is 0 Å². The fraction of sp³-hybridized carbons (Fsp3) is 0.769. The fourth-order valence-electron chi connectivity index (χ4n) is 2.33. The molecule has 1 fully saturated rings. The van der Waals surface area contributed by atoms with Gasteiger partial charge >= 0.3 is 5.25 Å². The fourth-order valence-corrected chi connectivity index (χ4v) is 3.75. The van der Waals surface area contributed by atoms with Crippen molar-refractivity contribution in [1.29, 1.82) is 0 Å². The lowest BCUT2D eigenvalue weighted by molar-refractivity contribution is -0.148. The molecule has 2 heterocycles. The smallest absolute Gasteiger partial charge is 0.347 e. The molecule has 1 unspecified atom stereocenters. The molecule has 2 aliphatic heterocycles. The van der Waals surface area contributed by atoms with Crippen molar-refractivity contribution in [2.75, 3.05) is 13.2 Å². The van der Waals surface area contributed by atoms with Crippen LogP contribution in [0.25, 0.3) is 0 Å². The van der Waals surface area contributed by atoms with Crippen LogP contribution >= 0.6 is 0 Å². The van der Waals surface area contributed by atoms with Crippen LogP contribution in [0.3, 0.4) is 0 Å². The molecule has 0 N–H and O–H groups in total. The van der Waals surface area contributed by atoms with E-state index in [1.54, 1.807) is 13.0 Å². The standard InChI is InChI=1S/C13H19F2NO4S/c1-12(19-9-10-20-12)6-4-7-13(14,15)21(17,18)11-5-2-3-8-16-11/h2-3,8,11H,4-7,9-10H2,1H3. The summed E-state index contributed by atoms with van der Waals surface area (Å²) in [5.41, 5.74) is 0. The number of dihydropyridines is 1. The second-order valence-corrected chi connectivity index (χ2v) is 7.51. The van der Waals surface area contributed by atoms with Crippen LogP contribution in [0.1, 0.15) is 32.6 Å². The number of alkyl halides is 2. The van der Waals surface area contributed by atoms with Crippen LogP contribution in [0.2, 0.25) is 0 Å². The highest BCUT2D eigenvalue weighted by atomic mass is 32.2. The van der Waals surface area contributed by atoms with Gasteiger partial charge in [0, 0.05) is 25.5 Å². The first-order valence-electron chi connectivity index (χ1n) is 6.84. The van der Waals surface area contributed by atoms with Gasteiger partial charge in [-0.15, -0.1) is 0 Å². The molecule has 0 aromatic rings. The van der Waals surface area contributed by atoms with Crippen LogP contribution in [0.15, 0.2) is 17.1 Å². The van der Waals surface area contributed by atoms with Crippen LogP contribution in [0, 0.1) is 0 Å². The Bertz CT molecular complexity index is 524. The molecular weight excluding hydrogens is 304 g/mol. The second kappa shape index (κ2) is 6.10. The topological polar surface area (TPSA) is 65.0 Å². The Morgan fingerprint density at radius 1 is 1.38 bits per heavy atom. The number of hydrogen-bond acceptors (Lipinski definition) is 5. The predicted molar refractivity (Wildman–Crippen MR) is 74.1 cm³/mol. The molecule has 0 aromatic carbocycles. The molecule has 8 heteroatoms. The molecule has 120 valence electrons. The van der Waals surface area contributed by atoms with E-state index >= 15 is 0 Å². The number of hydrogen-bond donors (Lipinski definition) is 0. The van der Waals surface area contributed by atoms with Gasteiger partial charge in [0.1, 0.15) is 0 Å². The lowest BCUT2D eigenvalue weighted by Gasteiger charge is -2.25. The third-order valence-corrected chi connectivity index (χ3v) is 5.65. The van der Waals surface area contributed by atoms with Crippen molar-refractivity contribution in [3.05, 3.63) is 12.2 Å². The average molecular weight is 323 g/mol. The highest BCUT2D eigenvalue weighted by molar-refractivity contribution is 7.93. The molecule has 0 aliphatic carbocycles. The van der Waals surface area contributed by atoms with E-state index in [1.807, 2.05) is 0 Å². The number of ether oxygens (including phenoxy) is 2. The lowest BCUT2D eigenvalue weighted by atomic mass is 10.1. The normalized spacial score (nSPS) is 25.4. The van der Waals surface area contributed by atoms with Crippen molar-refractivity contribution in [3.8, 4) is 0 Å². The summed E-state index contributed by atoms with van der Waals surface area (Å²) in [5.74, 6) is -0.883. The van der Waals surface area contributed by atoms with E-state index < -0.39 is 32.7 Å². The summed E-state index contributed by atoms with van der Waals surface area (Å²) in [6.07, 6.45) is 3.75. The molecule has 21 heavy (non-hydrogen) atoms. The summed E-state index contributed by atoms with van der Waals surface area (Å²) >= 11 is 0. The van der Waals surface area contributed by atoms with Crippen molar-refractivity contribution < 1.29 is 26.7 Å². The number of rotatable bonds is 6. The molecule has 1 saturated heterocycles. The first-order chi connectivity index (χ1) is 9.77. The monoisotopic (exact) mass is 323 g/mol. The highest BCUT2D eigenvalue weighted by Gasteiger charge is 2.49. The van der Waals surface area contributed by atoms with Gasteiger partial charge in [-0.1, -0.05) is 6.08 Å². The summed E-state index contributed by atoms with van der Waals surface area (Å²) in [5, 5.41) is -5.19. The van der Waals surface area contributed by atoms with E-state index in [-0.39, 0.29) is 19.3 Å². The van der Waals surface area contributed by atoms with Crippen molar-refractivity contribution in [2.24, 2.45) is 4.99 Å². The quantitative estimate of drug-likeness (QED) is 0.752. The summed E-state index contributed by atoms with van der Waals surface area (Å²) in [4.78, 5) is 3.64. The number of nitrogens with zero attached hydrogens (tertiary/aromatic N) is 1. The van der Waals surface area contributed by atoms with Gasteiger partial charge in [0.05, 0.1) is 13.2 Å². The van der Waals surface area contributed by atoms with Gasteiger partial charge in [-0.2, -0.15) is 8.78 Å². The minimum atomic E-state index is -4.64. The number of aliphatic imine (C=N–C) groups is 1. The van der Waals surface area contributed by atoms with E-state index in [0.717, 1.165) is 0 Å². The largest absolute Gasteiger partial charge is 0.348 e. The summed E-state index contributed by atoms with van der Waals surface area (Å²) in [7, 11) is -4.64. The van der Waals surface area contributed by atoms with Crippen molar-refractivity contribution in [1.82, 2.24) is 0 Å². The first-order valence-corrected chi connectivity index (χ1v) is 8.39. The van der Waals surface area contributed by atoms with Gasteiger partial charge in [0.25, 0.3) is 0 Å². The van der Waals surface area contributed by atoms with Crippen molar-refractivity contribution >= 4 is 16.1 Å². The summed E-state index contributed by atoms with van der Waals surface area (Å²) < 4.78 is 62.6. The van der Waals surface area contributed by atoms with E-state index in [0.29, 0.717) is 13.2 Å². The maximum atomic E-state index is 14.0. The molecule has 0 saturated carbocycles. The molecule has 1 atom stereocenters. The lowest BCUT2D eigenvalue weighted by Crippen LogP contribution is -2.37. The predicted octanol–water partition coefficient (Wildman–Crippen LogP) is 2.28. The molecule has 0 amide bonds. The third kappa shape index (κ3) is 3.67. The van der Waals surface area contributed by atoms with Crippen LogP contribution < -0.4 is 0 Å². The van der Waals surface area contributed by atoms with Gasteiger partial charge in [-0.3, -0.25) is 4.99 Å². The van der Waals surface area contributed by atoms with E-state index in [4.69, 9.17) is 9.47 Å². The van der Waals surface area contributed by atoms with Gasteiger partial charge < -0.3 is 9.47 Å². The molecule has 0 radical (unpaired) electrons. The molecule has 5 nitrogen and oxygen atoms in total. The van der Waals surface area contributed by atoms with Crippen LogP contribution in [0.4, 0.5) is 8.78 Å². The summed E-state index contributed by atoms with van der Waals surface area (Å²) in [6.45, 7) is 2.52. The van der Waals surface area contributed by atoms with Crippen LogP contribution in [0.5, 0.6) is 0 Å². The zero-order valence-corrected chi connectivity index (χ0v) is 12.6. The molecule has 2 rings (SSSR count). The number of sulfone groups is 1. The van der Waals surface area contributed by atoms with Crippen LogP contribution in [-0.4, -0.2) is 44.3 Å². The SMILES string of the molecule is CC1(CCCC(F)(F)S(=O)(=O)C2CC=CC=N2)OCCO1. The Morgan fingerprint density at radius 3 is 2.62 bits per heavy atom. The first kappa shape index (κ1) is 16.5. The Morgan fingerprint density at radius 2 is 2.05 bits per heavy atom. The molecular formula is C13H19F2NO4S. The highest BCUT2D eigenvalue weighted by Crippen LogP contribution is 2.35. The third-order valence-electron chi connectivity index (χ3n) is 3.58. The van der Waals surface area contributed by atoms with E-state index in [9.17, 15) is 17.2 Å². The van der Waals surface area contributed by atoms with E-state index in [1.165, 1.54) is 12.3 Å². The maximum Gasteiger partial charge on any atom is 0.347 e. The van der Waals surface area contributed by atoms with E-state index in [2.05, 4.69) is 4.99 Å². The van der Waals surface area contributed by atoms with Crippen LogP contribution in [-0.2, 0) is 19.3 Å². The Kier molecular flexibility index (Phi) is 4.79. The Labute approximate surface area is 122 Å². The van der Waals surface area contributed by atoms with Gasteiger partial charge in [-0.05, 0) is 19.4 Å². The molecule has 0 spiro atoms. The minimum absolute atomic E-state index is 0.00496. The number of allylic oxidation sites excluding steroid dienone is 1. The number of halogens is 2. The van der Waals surface area contributed by atoms with Gasteiger partial charge in [0.15, 0.2) is 11.2 Å². The Balaban J connectivity index is 1.94. The minimum Gasteiger partial charge on any atom is -0.348 e. The average Bonchev–Trinajstić information content (AvgIpc) is 2.86. The van der Waals surface area contributed by atoms with Crippen molar-refractivity contribution in [2.45, 2.75) is 49.0 Å². The maximum absolute atomic E-state index is 14.0. The summed E-state index contributed by atoms with van der Waals surface area (Å²) in [6, 6.07) is 0. The Hall–Kier alpha value is -0.860.